The molecule has 2 aliphatic heterocycles. The third-order valence-corrected chi connectivity index (χ3v) is 5.02. The minimum absolute atomic E-state index is 0.108. The van der Waals surface area contributed by atoms with Crippen molar-refractivity contribution in [3.8, 4) is 0 Å². The number of hydrogen-bond donors (Lipinski definition) is 1. The maximum atomic E-state index is 13.7. The van der Waals surface area contributed by atoms with Crippen molar-refractivity contribution in [2.75, 3.05) is 13.1 Å². The van der Waals surface area contributed by atoms with Crippen LogP contribution >= 0.6 is 12.2 Å². The van der Waals surface area contributed by atoms with Crippen LogP contribution in [0.4, 0.5) is 13.2 Å². The molecule has 2 saturated heterocycles. The van der Waals surface area contributed by atoms with Crippen molar-refractivity contribution in [2.45, 2.75) is 44.2 Å². The molecule has 126 valence electrons. The number of nitrogens with zero attached hydrogens (tertiary/aromatic N) is 2. The number of rotatable bonds is 3. The van der Waals surface area contributed by atoms with E-state index >= 15 is 0 Å². The monoisotopic (exact) mass is 343 g/mol. The first-order chi connectivity index (χ1) is 10.9. The van der Waals surface area contributed by atoms with E-state index in [9.17, 15) is 13.2 Å². The normalized spacial score (nSPS) is 27.5. The van der Waals surface area contributed by atoms with E-state index in [4.69, 9.17) is 12.2 Å². The number of hydrogen-bond acceptors (Lipinski definition) is 2. The number of halogens is 3. The van der Waals surface area contributed by atoms with Gasteiger partial charge in [0, 0.05) is 25.7 Å². The van der Waals surface area contributed by atoms with Crippen molar-refractivity contribution in [1.82, 2.24) is 15.1 Å². The molecular weight excluding hydrogens is 323 g/mol. The van der Waals surface area contributed by atoms with Crippen LogP contribution < -0.4 is 5.32 Å². The average Bonchev–Trinajstić information content (AvgIpc) is 3.06. The van der Waals surface area contributed by atoms with E-state index in [0.717, 1.165) is 5.56 Å². The van der Waals surface area contributed by atoms with Gasteiger partial charge in [-0.05, 0) is 31.1 Å². The van der Waals surface area contributed by atoms with Gasteiger partial charge in [-0.2, -0.15) is 13.2 Å². The highest BCUT2D eigenvalue weighted by Gasteiger charge is 2.60. The number of nitrogens with one attached hydrogen (secondary N) is 1. The molecular formula is C16H20F3N3S. The molecule has 2 fully saturated rings. The first kappa shape index (κ1) is 16.5. The molecule has 2 bridgehead atoms. The smallest absolute Gasteiger partial charge is 0.363 e. The second-order valence-corrected chi connectivity index (χ2v) is 6.48. The molecule has 0 amide bonds. The van der Waals surface area contributed by atoms with Crippen LogP contribution in [0.2, 0.25) is 0 Å². The van der Waals surface area contributed by atoms with Crippen molar-refractivity contribution in [1.29, 1.82) is 0 Å². The molecule has 0 aromatic heterocycles. The van der Waals surface area contributed by atoms with Gasteiger partial charge in [-0.3, -0.25) is 4.90 Å². The number of benzene rings is 1. The van der Waals surface area contributed by atoms with Gasteiger partial charge in [-0.15, -0.1) is 0 Å². The second-order valence-electron chi connectivity index (χ2n) is 6.09. The van der Waals surface area contributed by atoms with Gasteiger partial charge < -0.3 is 10.2 Å². The minimum atomic E-state index is -4.26. The van der Waals surface area contributed by atoms with E-state index in [0.29, 0.717) is 31.2 Å². The summed E-state index contributed by atoms with van der Waals surface area (Å²) in [7, 11) is 0. The number of alkyl halides is 3. The van der Waals surface area contributed by atoms with Crippen LogP contribution in [0.15, 0.2) is 30.3 Å². The summed E-state index contributed by atoms with van der Waals surface area (Å²) < 4.78 is 41.0. The van der Waals surface area contributed by atoms with Crippen LogP contribution in [0.3, 0.4) is 0 Å². The predicted octanol–water partition coefficient (Wildman–Crippen LogP) is 2.77. The zero-order chi connectivity index (χ0) is 16.6. The molecule has 23 heavy (non-hydrogen) atoms. The van der Waals surface area contributed by atoms with Gasteiger partial charge >= 0.3 is 6.18 Å². The van der Waals surface area contributed by atoms with Gasteiger partial charge in [0.2, 0.25) is 0 Å². The van der Waals surface area contributed by atoms with Crippen LogP contribution in [0.25, 0.3) is 0 Å². The lowest BCUT2D eigenvalue weighted by atomic mass is 10.1. The average molecular weight is 343 g/mol. The Kier molecular flexibility index (Phi) is 4.51. The minimum Gasteiger partial charge on any atom is -0.363 e. The van der Waals surface area contributed by atoms with Crippen molar-refractivity contribution < 1.29 is 13.2 Å². The molecule has 7 heteroatoms. The maximum Gasteiger partial charge on any atom is 0.406 e. The quantitative estimate of drug-likeness (QED) is 0.851. The molecule has 1 aromatic rings. The van der Waals surface area contributed by atoms with Crippen molar-refractivity contribution in [2.24, 2.45) is 0 Å². The molecule has 0 spiro atoms. The molecule has 0 aliphatic carbocycles. The summed E-state index contributed by atoms with van der Waals surface area (Å²) in [5.74, 6) is 0. The van der Waals surface area contributed by atoms with E-state index in [1.807, 2.05) is 37.3 Å². The standard InChI is InChI=1S/C16H20F3N3S/c1-2-20-15(23)22-10-12-8-13(22)14(16(17,18)19)21(12)9-11-6-4-3-5-7-11/h3-7,12-14H,2,8-10H2,1H3,(H,20,23). The summed E-state index contributed by atoms with van der Waals surface area (Å²) in [6, 6.07) is 7.19. The highest BCUT2D eigenvalue weighted by molar-refractivity contribution is 7.80. The Morgan fingerprint density at radius 3 is 2.61 bits per heavy atom. The van der Waals surface area contributed by atoms with Crippen LogP contribution in [-0.2, 0) is 6.54 Å². The molecule has 2 aliphatic rings. The van der Waals surface area contributed by atoms with E-state index in [-0.39, 0.29) is 6.04 Å². The summed E-state index contributed by atoms with van der Waals surface area (Å²) in [5.41, 5.74) is 0.912. The van der Waals surface area contributed by atoms with E-state index in [1.54, 1.807) is 9.80 Å². The molecule has 3 nitrogen and oxygen atoms in total. The van der Waals surface area contributed by atoms with Gasteiger partial charge in [-0.1, -0.05) is 30.3 Å². The fourth-order valence-electron chi connectivity index (χ4n) is 3.74. The maximum absolute atomic E-state index is 13.7. The third-order valence-electron chi connectivity index (χ3n) is 4.64. The molecule has 3 atom stereocenters. The number of piperazine rings is 1. The molecule has 0 radical (unpaired) electrons. The van der Waals surface area contributed by atoms with Crippen molar-refractivity contribution in [3.63, 3.8) is 0 Å². The topological polar surface area (TPSA) is 18.5 Å². The lowest BCUT2D eigenvalue weighted by Crippen LogP contribution is -2.61. The molecule has 2 heterocycles. The lowest BCUT2D eigenvalue weighted by Gasteiger charge is -2.42. The highest BCUT2D eigenvalue weighted by atomic mass is 32.1. The third kappa shape index (κ3) is 3.17. The van der Waals surface area contributed by atoms with E-state index in [1.165, 1.54) is 0 Å². The Morgan fingerprint density at radius 1 is 1.30 bits per heavy atom. The molecule has 0 saturated carbocycles. The van der Waals surface area contributed by atoms with E-state index in [2.05, 4.69) is 5.32 Å². The fourth-order valence-corrected chi connectivity index (χ4v) is 4.10. The Bertz CT molecular complexity index is 563. The number of thiocarbonyl (C=S) groups is 1. The Morgan fingerprint density at radius 2 is 2.00 bits per heavy atom. The number of likely N-dealkylation sites (tertiary alicyclic amines) is 2. The van der Waals surface area contributed by atoms with Gasteiger partial charge in [0.15, 0.2) is 5.11 Å². The van der Waals surface area contributed by atoms with Gasteiger partial charge in [0.1, 0.15) is 6.04 Å². The lowest BCUT2D eigenvalue weighted by molar-refractivity contribution is -0.196. The first-order valence-corrected chi connectivity index (χ1v) is 8.23. The zero-order valence-electron chi connectivity index (χ0n) is 12.9. The summed E-state index contributed by atoms with van der Waals surface area (Å²) in [4.78, 5) is 3.33. The summed E-state index contributed by atoms with van der Waals surface area (Å²) in [5, 5.41) is 3.42. The Labute approximate surface area is 139 Å². The largest absolute Gasteiger partial charge is 0.406 e. The summed E-state index contributed by atoms with van der Waals surface area (Å²) in [6.45, 7) is 3.41. The molecule has 1 N–H and O–H groups in total. The zero-order valence-corrected chi connectivity index (χ0v) is 13.7. The van der Waals surface area contributed by atoms with Crippen LogP contribution in [0.5, 0.6) is 0 Å². The first-order valence-electron chi connectivity index (χ1n) is 7.82. The van der Waals surface area contributed by atoms with Crippen LogP contribution in [0, 0.1) is 0 Å². The van der Waals surface area contributed by atoms with Gasteiger partial charge in [0.25, 0.3) is 0 Å². The van der Waals surface area contributed by atoms with E-state index < -0.39 is 18.3 Å². The van der Waals surface area contributed by atoms with Crippen molar-refractivity contribution >= 4 is 17.3 Å². The van der Waals surface area contributed by atoms with Gasteiger partial charge in [-0.25, -0.2) is 0 Å². The summed E-state index contributed by atoms with van der Waals surface area (Å²) in [6.07, 6.45) is -3.74. The van der Waals surface area contributed by atoms with Crippen molar-refractivity contribution in [3.05, 3.63) is 35.9 Å². The molecule has 3 rings (SSSR count). The SMILES string of the molecule is CCNC(=S)N1CC2CC1C(C(F)(F)F)N2Cc1ccccc1. The van der Waals surface area contributed by atoms with Crippen LogP contribution in [0.1, 0.15) is 18.9 Å². The Hall–Kier alpha value is -1.34. The second kappa shape index (κ2) is 6.28. The highest BCUT2D eigenvalue weighted by Crippen LogP contribution is 2.44. The number of fused-ring (bicyclic) bond motifs is 2. The predicted molar refractivity (Wildman–Crippen MR) is 87.0 cm³/mol. The van der Waals surface area contributed by atoms with Gasteiger partial charge in [0.05, 0.1) is 6.04 Å². The summed E-state index contributed by atoms with van der Waals surface area (Å²) >= 11 is 5.25. The van der Waals surface area contributed by atoms with Crippen LogP contribution in [-0.4, -0.2) is 52.3 Å². The molecule has 1 aromatic carbocycles. The Balaban J connectivity index is 1.81. The molecule has 3 unspecified atom stereocenters. The fraction of sp³-hybridized carbons (Fsp3) is 0.562.